The van der Waals surface area contributed by atoms with Crippen LogP contribution in [0.3, 0.4) is 0 Å². The van der Waals surface area contributed by atoms with Gasteiger partial charge in [0.2, 0.25) is 0 Å². The van der Waals surface area contributed by atoms with Crippen LogP contribution in [0.2, 0.25) is 0 Å². The number of ether oxygens (including phenoxy) is 1. The van der Waals surface area contributed by atoms with E-state index in [-0.39, 0.29) is 5.91 Å². The molecule has 0 saturated carbocycles. The van der Waals surface area contributed by atoms with Crippen molar-refractivity contribution in [2.45, 2.75) is 6.54 Å². The van der Waals surface area contributed by atoms with Gasteiger partial charge in [-0.1, -0.05) is 11.3 Å². The second kappa shape index (κ2) is 6.91. The van der Waals surface area contributed by atoms with Gasteiger partial charge in [0, 0.05) is 42.6 Å². The van der Waals surface area contributed by atoms with Gasteiger partial charge in [0.25, 0.3) is 11.1 Å². The first-order valence-corrected chi connectivity index (χ1v) is 7.75. The van der Waals surface area contributed by atoms with Crippen LogP contribution in [0, 0.1) is 0 Å². The molecular weight excluding hydrogens is 298 g/mol. The number of aromatic nitrogens is 2. The predicted octanol–water partition coefficient (Wildman–Crippen LogP) is 3.17. The molecule has 0 atom stereocenters. The predicted molar refractivity (Wildman–Crippen MR) is 85.4 cm³/mol. The SMILES string of the molecule is O=C(NCCn1cccc1)c1ccc(Oc2nccs2)cc1. The lowest BCUT2D eigenvalue weighted by Crippen LogP contribution is -2.26. The van der Waals surface area contributed by atoms with Gasteiger partial charge in [-0.3, -0.25) is 4.79 Å². The van der Waals surface area contributed by atoms with E-state index < -0.39 is 0 Å². The fourth-order valence-electron chi connectivity index (χ4n) is 1.96. The highest BCUT2D eigenvalue weighted by Crippen LogP contribution is 2.23. The van der Waals surface area contributed by atoms with Crippen LogP contribution in [-0.2, 0) is 6.54 Å². The second-order valence-electron chi connectivity index (χ2n) is 4.60. The maximum Gasteiger partial charge on any atom is 0.278 e. The van der Waals surface area contributed by atoms with Crippen LogP contribution >= 0.6 is 11.3 Å². The largest absolute Gasteiger partial charge is 0.431 e. The third-order valence-corrected chi connectivity index (χ3v) is 3.70. The molecule has 1 aromatic carbocycles. The van der Waals surface area contributed by atoms with Gasteiger partial charge in [0.05, 0.1) is 0 Å². The molecule has 0 radical (unpaired) electrons. The molecule has 0 aliphatic heterocycles. The standard InChI is InChI=1S/C16H15N3O2S/c20-15(17-7-11-19-9-1-2-10-19)13-3-5-14(6-4-13)21-16-18-8-12-22-16/h1-6,8-10,12H,7,11H2,(H,17,20). The van der Waals surface area contributed by atoms with Gasteiger partial charge < -0.3 is 14.6 Å². The molecule has 1 amide bonds. The van der Waals surface area contributed by atoms with Crippen LogP contribution in [0.15, 0.2) is 60.4 Å². The Hall–Kier alpha value is -2.60. The van der Waals surface area contributed by atoms with Gasteiger partial charge in [-0.2, -0.15) is 0 Å². The van der Waals surface area contributed by atoms with E-state index in [2.05, 4.69) is 10.3 Å². The van der Waals surface area contributed by atoms with Crippen molar-refractivity contribution in [2.75, 3.05) is 6.54 Å². The minimum Gasteiger partial charge on any atom is -0.431 e. The number of hydrogen-bond acceptors (Lipinski definition) is 4. The first-order valence-electron chi connectivity index (χ1n) is 6.87. The lowest BCUT2D eigenvalue weighted by atomic mass is 10.2. The van der Waals surface area contributed by atoms with Crippen LogP contribution in [-0.4, -0.2) is 22.0 Å². The van der Waals surface area contributed by atoms with Crippen molar-refractivity contribution in [3.63, 3.8) is 0 Å². The quantitative estimate of drug-likeness (QED) is 0.760. The first kappa shape index (κ1) is 14.3. The van der Waals surface area contributed by atoms with Crippen molar-refractivity contribution >= 4 is 17.2 Å². The molecule has 0 bridgehead atoms. The molecule has 2 aromatic heterocycles. The van der Waals surface area contributed by atoms with Crippen molar-refractivity contribution in [3.05, 3.63) is 65.9 Å². The van der Waals surface area contributed by atoms with Gasteiger partial charge in [0.15, 0.2) is 0 Å². The summed E-state index contributed by atoms with van der Waals surface area (Å²) in [6.07, 6.45) is 5.63. The zero-order chi connectivity index (χ0) is 15.2. The lowest BCUT2D eigenvalue weighted by Gasteiger charge is -2.07. The first-order chi connectivity index (χ1) is 10.8. The number of benzene rings is 1. The Bertz CT molecular complexity index is 706. The maximum atomic E-state index is 12.0. The average Bonchev–Trinajstić information content (AvgIpc) is 3.21. The average molecular weight is 313 g/mol. The second-order valence-corrected chi connectivity index (χ2v) is 5.46. The number of nitrogens with zero attached hydrogens (tertiary/aromatic N) is 2. The highest BCUT2D eigenvalue weighted by atomic mass is 32.1. The highest BCUT2D eigenvalue weighted by Gasteiger charge is 2.06. The molecule has 0 aliphatic rings. The van der Waals surface area contributed by atoms with E-state index in [9.17, 15) is 4.79 Å². The molecule has 0 spiro atoms. The minimum atomic E-state index is -0.0899. The Kier molecular flexibility index (Phi) is 4.50. The maximum absolute atomic E-state index is 12.0. The molecule has 22 heavy (non-hydrogen) atoms. The zero-order valence-electron chi connectivity index (χ0n) is 11.8. The van der Waals surface area contributed by atoms with E-state index in [0.29, 0.717) is 23.1 Å². The van der Waals surface area contributed by atoms with Gasteiger partial charge in [-0.15, -0.1) is 0 Å². The molecule has 6 heteroatoms. The van der Waals surface area contributed by atoms with Gasteiger partial charge >= 0.3 is 0 Å². The summed E-state index contributed by atoms with van der Waals surface area (Å²) in [6, 6.07) is 10.9. The van der Waals surface area contributed by atoms with Crippen LogP contribution in [0.25, 0.3) is 0 Å². The summed E-state index contributed by atoms with van der Waals surface area (Å²) in [7, 11) is 0. The molecule has 112 valence electrons. The van der Waals surface area contributed by atoms with E-state index in [1.807, 2.05) is 34.5 Å². The molecule has 3 rings (SSSR count). The summed E-state index contributed by atoms with van der Waals surface area (Å²) in [5.74, 6) is 0.576. The van der Waals surface area contributed by atoms with Crippen LogP contribution < -0.4 is 10.1 Å². The molecule has 2 heterocycles. The van der Waals surface area contributed by atoms with Crippen molar-refractivity contribution in [1.82, 2.24) is 14.9 Å². The highest BCUT2D eigenvalue weighted by molar-refractivity contribution is 7.11. The molecule has 0 saturated heterocycles. The molecule has 0 fully saturated rings. The fraction of sp³-hybridized carbons (Fsp3) is 0.125. The Labute approximate surface area is 132 Å². The molecule has 3 aromatic rings. The van der Waals surface area contributed by atoms with Crippen molar-refractivity contribution < 1.29 is 9.53 Å². The Morgan fingerprint density at radius 3 is 2.68 bits per heavy atom. The van der Waals surface area contributed by atoms with E-state index in [1.54, 1.807) is 30.5 Å². The van der Waals surface area contributed by atoms with E-state index in [1.165, 1.54) is 11.3 Å². The number of thiazole rings is 1. The van der Waals surface area contributed by atoms with E-state index in [4.69, 9.17) is 4.74 Å². The fourth-order valence-corrected chi connectivity index (χ4v) is 2.46. The summed E-state index contributed by atoms with van der Waals surface area (Å²) in [5.41, 5.74) is 0.610. The third kappa shape index (κ3) is 3.73. The van der Waals surface area contributed by atoms with Crippen LogP contribution in [0.4, 0.5) is 0 Å². The summed E-state index contributed by atoms with van der Waals surface area (Å²) in [6.45, 7) is 1.34. The van der Waals surface area contributed by atoms with E-state index in [0.717, 1.165) is 6.54 Å². The normalized spacial score (nSPS) is 10.4. The Balaban J connectivity index is 1.52. The van der Waals surface area contributed by atoms with E-state index >= 15 is 0 Å². The summed E-state index contributed by atoms with van der Waals surface area (Å²) in [5, 5.41) is 5.33. The number of rotatable bonds is 6. The van der Waals surface area contributed by atoms with Crippen molar-refractivity contribution in [3.8, 4) is 10.9 Å². The number of amides is 1. The zero-order valence-corrected chi connectivity index (χ0v) is 12.6. The van der Waals surface area contributed by atoms with Crippen LogP contribution in [0.1, 0.15) is 10.4 Å². The summed E-state index contributed by atoms with van der Waals surface area (Å²) >= 11 is 1.42. The Morgan fingerprint density at radius 2 is 2.00 bits per heavy atom. The number of hydrogen-bond donors (Lipinski definition) is 1. The molecular formula is C16H15N3O2S. The monoisotopic (exact) mass is 313 g/mol. The van der Waals surface area contributed by atoms with Crippen molar-refractivity contribution in [1.29, 1.82) is 0 Å². The number of nitrogens with one attached hydrogen (secondary N) is 1. The topological polar surface area (TPSA) is 56.2 Å². The van der Waals surface area contributed by atoms with Crippen molar-refractivity contribution in [2.24, 2.45) is 0 Å². The van der Waals surface area contributed by atoms with Gasteiger partial charge in [0.1, 0.15) is 5.75 Å². The van der Waals surface area contributed by atoms with Gasteiger partial charge in [-0.25, -0.2) is 4.98 Å². The Morgan fingerprint density at radius 1 is 1.23 bits per heavy atom. The minimum absolute atomic E-state index is 0.0899. The molecule has 1 N–H and O–H groups in total. The smallest absolute Gasteiger partial charge is 0.278 e. The third-order valence-electron chi connectivity index (χ3n) is 3.05. The van der Waals surface area contributed by atoms with Gasteiger partial charge in [-0.05, 0) is 36.4 Å². The summed E-state index contributed by atoms with van der Waals surface area (Å²) in [4.78, 5) is 16.1. The summed E-state index contributed by atoms with van der Waals surface area (Å²) < 4.78 is 7.57. The molecule has 0 aliphatic carbocycles. The number of carbonyl (C=O) groups is 1. The number of carbonyl (C=O) groups excluding carboxylic acids is 1. The molecule has 5 nitrogen and oxygen atoms in total. The molecule has 0 unspecified atom stereocenters. The van der Waals surface area contributed by atoms with Crippen LogP contribution in [0.5, 0.6) is 10.9 Å². The lowest BCUT2D eigenvalue weighted by molar-refractivity contribution is 0.0952.